The van der Waals surface area contributed by atoms with Crippen LogP contribution in [0.4, 0.5) is 5.69 Å². The number of rotatable bonds is 7. The molecule has 0 atom stereocenters. The summed E-state index contributed by atoms with van der Waals surface area (Å²) in [4.78, 5) is 14.3. The van der Waals surface area contributed by atoms with Crippen molar-refractivity contribution in [3.63, 3.8) is 0 Å². The van der Waals surface area contributed by atoms with Gasteiger partial charge in [0, 0.05) is 12.2 Å². The van der Waals surface area contributed by atoms with Crippen LogP contribution in [-0.2, 0) is 4.74 Å². The number of nitrogens with two attached hydrogens (primary N) is 1. The van der Waals surface area contributed by atoms with Crippen molar-refractivity contribution in [3.05, 3.63) is 54.1 Å². The molecule has 0 fully saturated rings. The average molecular weight is 349 g/mol. The average Bonchev–Trinajstić information content (AvgIpc) is 2.59. The molecule has 2 N–H and O–H groups in total. The molecule has 0 radical (unpaired) electrons. The topological polar surface area (TPSA) is 55.6 Å². The van der Waals surface area contributed by atoms with Gasteiger partial charge in [0.15, 0.2) is 0 Å². The smallest absolute Gasteiger partial charge is 0.338 e. The third-order valence-electron chi connectivity index (χ3n) is 3.90. The summed E-state index contributed by atoms with van der Waals surface area (Å²) in [5, 5.41) is 0. The Morgan fingerprint density at radius 1 is 0.958 bits per heavy atom. The molecule has 0 aliphatic rings. The highest BCUT2D eigenvalue weighted by molar-refractivity contribution is 5.90. The van der Waals surface area contributed by atoms with Gasteiger partial charge in [-0.1, -0.05) is 38.1 Å². The molecule has 4 nitrogen and oxygen atoms in total. The Hall–Kier alpha value is -2.04. The van der Waals surface area contributed by atoms with Crippen molar-refractivity contribution in [1.82, 2.24) is 4.90 Å². The zero-order valence-electron chi connectivity index (χ0n) is 14.2. The second kappa shape index (κ2) is 9.96. The largest absolute Gasteiger partial charge is 0.461 e. The minimum absolute atomic E-state index is 0. The van der Waals surface area contributed by atoms with E-state index in [0.717, 1.165) is 36.4 Å². The van der Waals surface area contributed by atoms with Gasteiger partial charge in [-0.15, -0.1) is 12.4 Å². The summed E-state index contributed by atoms with van der Waals surface area (Å²) in [7, 11) is 0. The fraction of sp³-hybridized carbons (Fsp3) is 0.316. The summed E-state index contributed by atoms with van der Waals surface area (Å²) in [6.45, 7) is 7.31. The minimum atomic E-state index is -0.277. The summed E-state index contributed by atoms with van der Waals surface area (Å²) in [5.41, 5.74) is 9.12. The third kappa shape index (κ3) is 5.55. The van der Waals surface area contributed by atoms with Crippen molar-refractivity contribution in [2.24, 2.45) is 0 Å². The zero-order chi connectivity index (χ0) is 16.7. The monoisotopic (exact) mass is 348 g/mol. The maximum Gasteiger partial charge on any atom is 0.338 e. The van der Waals surface area contributed by atoms with Crippen LogP contribution in [-0.4, -0.2) is 37.1 Å². The number of ether oxygens (including phenoxy) is 1. The minimum Gasteiger partial charge on any atom is -0.461 e. The first-order chi connectivity index (χ1) is 11.1. The zero-order valence-corrected chi connectivity index (χ0v) is 15.0. The molecule has 0 aliphatic carbocycles. The highest BCUT2D eigenvalue weighted by Crippen LogP contribution is 2.21. The fourth-order valence-corrected chi connectivity index (χ4v) is 2.36. The molecule has 2 rings (SSSR count). The molecule has 2 aromatic rings. The van der Waals surface area contributed by atoms with Crippen molar-refractivity contribution in [1.29, 1.82) is 0 Å². The first-order valence-electron chi connectivity index (χ1n) is 7.99. The standard InChI is InChI=1S/C19H24N2O2.ClH/c1-3-21(4-2)13-14-23-19(22)17-7-5-15(6-8-17)16-9-11-18(20)12-10-16;/h5-12H,3-4,13-14,20H2,1-2H3;1H. The van der Waals surface area contributed by atoms with Gasteiger partial charge in [-0.05, 0) is 48.5 Å². The molecule has 0 saturated heterocycles. The molecule has 0 spiro atoms. The van der Waals surface area contributed by atoms with E-state index in [4.69, 9.17) is 10.5 Å². The SMILES string of the molecule is CCN(CC)CCOC(=O)c1ccc(-c2ccc(N)cc2)cc1.Cl. The summed E-state index contributed by atoms with van der Waals surface area (Å²) < 4.78 is 5.33. The quantitative estimate of drug-likeness (QED) is 0.610. The first kappa shape index (κ1) is 20.0. The van der Waals surface area contributed by atoms with Gasteiger partial charge in [-0.2, -0.15) is 0 Å². The number of nitrogens with zero attached hydrogens (tertiary/aromatic N) is 1. The van der Waals surface area contributed by atoms with Gasteiger partial charge in [0.25, 0.3) is 0 Å². The number of likely N-dealkylation sites (N-methyl/N-ethyl adjacent to an activating group) is 1. The van der Waals surface area contributed by atoms with E-state index in [0.29, 0.717) is 12.2 Å². The van der Waals surface area contributed by atoms with Crippen LogP contribution >= 0.6 is 12.4 Å². The molecule has 0 aromatic heterocycles. The van der Waals surface area contributed by atoms with Crippen molar-refractivity contribution in [2.75, 3.05) is 32.0 Å². The molecule has 2 aromatic carbocycles. The molecule has 0 bridgehead atoms. The molecule has 5 heteroatoms. The molecule has 0 heterocycles. The number of benzene rings is 2. The fourth-order valence-electron chi connectivity index (χ4n) is 2.36. The Morgan fingerprint density at radius 3 is 1.96 bits per heavy atom. The lowest BCUT2D eigenvalue weighted by molar-refractivity contribution is 0.0466. The van der Waals surface area contributed by atoms with Crippen molar-refractivity contribution in [2.45, 2.75) is 13.8 Å². The summed E-state index contributed by atoms with van der Waals surface area (Å²) >= 11 is 0. The number of anilines is 1. The molecule has 0 unspecified atom stereocenters. The van der Waals surface area contributed by atoms with Gasteiger partial charge in [-0.25, -0.2) is 4.79 Å². The van der Waals surface area contributed by atoms with Crippen molar-refractivity contribution >= 4 is 24.1 Å². The van der Waals surface area contributed by atoms with Crippen LogP contribution in [0.1, 0.15) is 24.2 Å². The Bertz CT molecular complexity index is 623. The van der Waals surface area contributed by atoms with E-state index < -0.39 is 0 Å². The van der Waals surface area contributed by atoms with Crippen LogP contribution in [0.5, 0.6) is 0 Å². The van der Waals surface area contributed by atoms with Crippen LogP contribution < -0.4 is 5.73 Å². The Kier molecular flexibility index (Phi) is 8.30. The summed E-state index contributed by atoms with van der Waals surface area (Å²) in [6, 6.07) is 15.1. The number of carbonyl (C=O) groups excluding carboxylic acids is 1. The molecule has 0 aliphatic heterocycles. The maximum absolute atomic E-state index is 12.0. The number of hydrogen-bond donors (Lipinski definition) is 1. The molecule has 130 valence electrons. The van der Waals surface area contributed by atoms with E-state index in [1.807, 2.05) is 36.4 Å². The van der Waals surface area contributed by atoms with Crippen molar-refractivity contribution < 1.29 is 9.53 Å². The number of hydrogen-bond acceptors (Lipinski definition) is 4. The number of halogens is 1. The van der Waals surface area contributed by atoms with Gasteiger partial charge >= 0.3 is 5.97 Å². The van der Waals surface area contributed by atoms with Crippen LogP contribution in [0, 0.1) is 0 Å². The Balaban J connectivity index is 0.00000288. The lowest BCUT2D eigenvalue weighted by atomic mass is 10.0. The predicted octanol–water partition coefficient (Wildman–Crippen LogP) is 3.86. The van der Waals surface area contributed by atoms with E-state index >= 15 is 0 Å². The number of esters is 1. The van der Waals surface area contributed by atoms with E-state index in [2.05, 4.69) is 18.7 Å². The molecular weight excluding hydrogens is 324 g/mol. The van der Waals surface area contributed by atoms with E-state index in [1.165, 1.54) is 0 Å². The highest BCUT2D eigenvalue weighted by Gasteiger charge is 2.08. The normalized spacial score (nSPS) is 10.3. The van der Waals surface area contributed by atoms with Gasteiger partial charge in [0.1, 0.15) is 6.61 Å². The molecular formula is C19H25ClN2O2. The lowest BCUT2D eigenvalue weighted by Crippen LogP contribution is -2.27. The molecule has 0 amide bonds. The first-order valence-corrected chi connectivity index (χ1v) is 7.99. The number of nitrogen functional groups attached to an aromatic ring is 1. The van der Waals surface area contributed by atoms with E-state index in [-0.39, 0.29) is 18.4 Å². The molecule has 24 heavy (non-hydrogen) atoms. The third-order valence-corrected chi connectivity index (χ3v) is 3.90. The maximum atomic E-state index is 12.0. The van der Waals surface area contributed by atoms with Gasteiger partial charge < -0.3 is 15.4 Å². The highest BCUT2D eigenvalue weighted by atomic mass is 35.5. The van der Waals surface area contributed by atoms with Crippen LogP contribution in [0.15, 0.2) is 48.5 Å². The van der Waals surface area contributed by atoms with Gasteiger partial charge in [0.05, 0.1) is 5.56 Å². The summed E-state index contributed by atoms with van der Waals surface area (Å²) in [5.74, 6) is -0.277. The number of carbonyl (C=O) groups is 1. The second-order valence-electron chi connectivity index (χ2n) is 5.36. The van der Waals surface area contributed by atoms with Gasteiger partial charge in [-0.3, -0.25) is 0 Å². The molecule has 0 saturated carbocycles. The Labute approximate surface area is 150 Å². The van der Waals surface area contributed by atoms with E-state index in [1.54, 1.807) is 12.1 Å². The van der Waals surface area contributed by atoms with Crippen molar-refractivity contribution in [3.8, 4) is 11.1 Å². The summed E-state index contributed by atoms with van der Waals surface area (Å²) in [6.07, 6.45) is 0. The van der Waals surface area contributed by atoms with E-state index in [9.17, 15) is 4.79 Å². The second-order valence-corrected chi connectivity index (χ2v) is 5.36. The lowest BCUT2D eigenvalue weighted by Gasteiger charge is -2.17. The van der Waals surface area contributed by atoms with Gasteiger partial charge in [0.2, 0.25) is 0 Å². The van der Waals surface area contributed by atoms with Crippen LogP contribution in [0.3, 0.4) is 0 Å². The van der Waals surface area contributed by atoms with Crippen LogP contribution in [0.25, 0.3) is 11.1 Å². The van der Waals surface area contributed by atoms with Crippen LogP contribution in [0.2, 0.25) is 0 Å². The Morgan fingerprint density at radius 2 is 1.46 bits per heavy atom. The predicted molar refractivity (Wildman–Crippen MR) is 102 cm³/mol.